The number of rotatable bonds is 3. The first-order valence-corrected chi connectivity index (χ1v) is 5.07. The van der Waals surface area contributed by atoms with Crippen molar-refractivity contribution in [2.45, 2.75) is 32.8 Å². The van der Waals surface area contributed by atoms with E-state index in [9.17, 15) is 4.79 Å². The van der Waals surface area contributed by atoms with Gasteiger partial charge in [-0.05, 0) is 26.3 Å². The van der Waals surface area contributed by atoms with Crippen LogP contribution in [0, 0.1) is 6.42 Å². The summed E-state index contributed by atoms with van der Waals surface area (Å²) in [7, 11) is 0. The molecule has 0 saturated heterocycles. The van der Waals surface area contributed by atoms with Crippen molar-refractivity contribution in [1.29, 1.82) is 0 Å². The van der Waals surface area contributed by atoms with E-state index < -0.39 is 5.60 Å². The van der Waals surface area contributed by atoms with Gasteiger partial charge in [0.2, 0.25) is 0 Å². The lowest BCUT2D eigenvalue weighted by molar-refractivity contribution is -0.153. The van der Waals surface area contributed by atoms with E-state index in [2.05, 4.69) is 0 Å². The van der Waals surface area contributed by atoms with E-state index in [1.165, 1.54) is 0 Å². The van der Waals surface area contributed by atoms with Gasteiger partial charge in [0.1, 0.15) is 5.60 Å². The number of esters is 1. The summed E-state index contributed by atoms with van der Waals surface area (Å²) >= 11 is 0. The molecule has 0 heterocycles. The van der Waals surface area contributed by atoms with E-state index in [4.69, 9.17) is 4.74 Å². The minimum atomic E-state index is -0.401. The molecule has 0 aliphatic rings. The van der Waals surface area contributed by atoms with Gasteiger partial charge in [-0.15, -0.1) is 0 Å². The van der Waals surface area contributed by atoms with Gasteiger partial charge in [0, 0.05) is 6.42 Å². The quantitative estimate of drug-likeness (QED) is 0.709. The summed E-state index contributed by atoms with van der Waals surface area (Å²) in [5.74, 6) is -0.189. The van der Waals surface area contributed by atoms with Crippen molar-refractivity contribution in [3.63, 3.8) is 0 Å². The monoisotopic (exact) mass is 205 g/mol. The Hall–Kier alpha value is -1.31. The van der Waals surface area contributed by atoms with Gasteiger partial charge < -0.3 is 4.74 Å². The first kappa shape index (κ1) is 11.8. The molecule has 15 heavy (non-hydrogen) atoms. The van der Waals surface area contributed by atoms with Crippen LogP contribution in [-0.2, 0) is 9.53 Å². The third-order valence-corrected chi connectivity index (χ3v) is 1.72. The fraction of sp³-hybridized carbons (Fsp3) is 0.385. The minimum Gasteiger partial charge on any atom is -0.460 e. The molecule has 1 rings (SSSR count). The number of carbonyl (C=O) groups excluding carboxylic acids is 1. The maximum Gasteiger partial charge on any atom is 0.306 e. The fourth-order valence-electron chi connectivity index (χ4n) is 1.17. The van der Waals surface area contributed by atoms with Crippen LogP contribution in [0.1, 0.15) is 32.8 Å². The molecule has 0 aromatic heterocycles. The molecule has 0 spiro atoms. The molecule has 2 nitrogen and oxygen atoms in total. The lowest BCUT2D eigenvalue weighted by atomic mass is 10.1. The number of carbonyl (C=O) groups is 1. The van der Waals surface area contributed by atoms with E-state index >= 15 is 0 Å². The molecule has 0 N–H and O–H groups in total. The average Bonchev–Trinajstić information content (AvgIpc) is 2.14. The van der Waals surface area contributed by atoms with Crippen LogP contribution in [0.15, 0.2) is 30.3 Å². The van der Waals surface area contributed by atoms with E-state index in [0.717, 1.165) is 5.56 Å². The summed E-state index contributed by atoms with van der Waals surface area (Å²) < 4.78 is 5.19. The van der Waals surface area contributed by atoms with E-state index in [0.29, 0.717) is 6.42 Å². The summed E-state index contributed by atoms with van der Waals surface area (Å²) in [6.07, 6.45) is 2.19. The first-order valence-electron chi connectivity index (χ1n) is 5.07. The normalized spacial score (nSPS) is 11.1. The second-order valence-electron chi connectivity index (χ2n) is 4.41. The van der Waals surface area contributed by atoms with Gasteiger partial charge in [0.15, 0.2) is 0 Å². The molecule has 1 aromatic carbocycles. The molecule has 1 aromatic rings. The first-order chi connectivity index (χ1) is 6.97. The van der Waals surface area contributed by atoms with Crippen LogP contribution >= 0.6 is 0 Å². The van der Waals surface area contributed by atoms with Gasteiger partial charge in [-0.25, -0.2) is 0 Å². The molecule has 1 radical (unpaired) electrons. The van der Waals surface area contributed by atoms with Crippen LogP contribution in [-0.4, -0.2) is 11.6 Å². The fourth-order valence-corrected chi connectivity index (χ4v) is 1.17. The minimum absolute atomic E-state index is 0.189. The second kappa shape index (κ2) is 4.96. The van der Waals surface area contributed by atoms with Crippen molar-refractivity contribution < 1.29 is 9.53 Å². The van der Waals surface area contributed by atoms with E-state index in [1.807, 2.05) is 57.5 Å². The zero-order valence-electron chi connectivity index (χ0n) is 9.49. The number of ether oxygens (including phenoxy) is 1. The highest BCUT2D eigenvalue weighted by atomic mass is 16.6. The van der Waals surface area contributed by atoms with Crippen molar-refractivity contribution in [2.75, 3.05) is 0 Å². The summed E-state index contributed by atoms with van der Waals surface area (Å²) in [6, 6.07) is 9.77. The van der Waals surface area contributed by atoms with Crippen LogP contribution in [0.4, 0.5) is 0 Å². The van der Waals surface area contributed by atoms with Gasteiger partial charge in [-0.3, -0.25) is 4.79 Å². The summed E-state index contributed by atoms with van der Waals surface area (Å²) in [4.78, 5) is 11.4. The maximum absolute atomic E-state index is 11.4. The van der Waals surface area contributed by atoms with E-state index in [-0.39, 0.29) is 5.97 Å². The van der Waals surface area contributed by atoms with Crippen molar-refractivity contribution in [3.05, 3.63) is 42.3 Å². The summed E-state index contributed by atoms with van der Waals surface area (Å²) in [5, 5.41) is 0. The Morgan fingerprint density at radius 1 is 1.27 bits per heavy atom. The predicted molar refractivity (Wildman–Crippen MR) is 60.3 cm³/mol. The average molecular weight is 205 g/mol. The SMILES string of the molecule is CC(C)(C)OC(=O)C[CH]c1ccccc1. The topological polar surface area (TPSA) is 26.3 Å². The summed E-state index contributed by atoms with van der Waals surface area (Å²) in [5.41, 5.74) is 0.644. The van der Waals surface area contributed by atoms with E-state index in [1.54, 1.807) is 0 Å². The van der Waals surface area contributed by atoms with Gasteiger partial charge >= 0.3 is 5.97 Å². The van der Waals surface area contributed by atoms with Crippen LogP contribution in [0.25, 0.3) is 0 Å². The van der Waals surface area contributed by atoms with Crippen LogP contribution in [0.2, 0.25) is 0 Å². The Kier molecular flexibility index (Phi) is 3.89. The molecule has 0 unspecified atom stereocenters. The lowest BCUT2D eigenvalue weighted by Gasteiger charge is -2.19. The molecule has 2 heteroatoms. The highest BCUT2D eigenvalue weighted by Crippen LogP contribution is 2.11. The molecular weight excluding hydrogens is 188 g/mol. The molecule has 0 amide bonds. The van der Waals surface area contributed by atoms with Gasteiger partial charge in [0.25, 0.3) is 0 Å². The van der Waals surface area contributed by atoms with Crippen LogP contribution < -0.4 is 0 Å². The molecule has 0 aliphatic heterocycles. The van der Waals surface area contributed by atoms with Gasteiger partial charge in [-0.2, -0.15) is 0 Å². The number of benzene rings is 1. The predicted octanol–water partition coefficient (Wildman–Crippen LogP) is 2.97. The smallest absolute Gasteiger partial charge is 0.306 e. The molecule has 0 aliphatic carbocycles. The highest BCUT2D eigenvalue weighted by molar-refractivity contribution is 5.71. The van der Waals surface area contributed by atoms with Crippen LogP contribution in [0.5, 0.6) is 0 Å². The summed E-state index contributed by atoms with van der Waals surface area (Å²) in [6.45, 7) is 5.61. The standard InChI is InChI=1S/C13H17O2/c1-13(2,3)15-12(14)10-9-11-7-5-4-6-8-11/h4-9H,10H2,1-3H3. The Labute approximate surface area is 91.3 Å². The van der Waals surface area contributed by atoms with Crippen molar-refractivity contribution in [3.8, 4) is 0 Å². The van der Waals surface area contributed by atoms with Crippen molar-refractivity contribution in [2.24, 2.45) is 0 Å². The molecular formula is C13H17O2. The Balaban J connectivity index is 2.35. The molecule has 0 bridgehead atoms. The van der Waals surface area contributed by atoms with Crippen molar-refractivity contribution >= 4 is 5.97 Å². The largest absolute Gasteiger partial charge is 0.460 e. The zero-order chi connectivity index (χ0) is 11.3. The van der Waals surface area contributed by atoms with Crippen LogP contribution in [0.3, 0.4) is 0 Å². The lowest BCUT2D eigenvalue weighted by Crippen LogP contribution is -2.23. The molecule has 0 fully saturated rings. The highest BCUT2D eigenvalue weighted by Gasteiger charge is 2.15. The number of hydrogen-bond acceptors (Lipinski definition) is 2. The third-order valence-electron chi connectivity index (χ3n) is 1.72. The molecule has 81 valence electrons. The Morgan fingerprint density at radius 3 is 2.40 bits per heavy atom. The number of hydrogen-bond donors (Lipinski definition) is 0. The zero-order valence-corrected chi connectivity index (χ0v) is 9.49. The van der Waals surface area contributed by atoms with Gasteiger partial charge in [-0.1, -0.05) is 30.3 Å². The van der Waals surface area contributed by atoms with Crippen molar-refractivity contribution in [1.82, 2.24) is 0 Å². The Bertz CT molecular complexity index is 309. The maximum atomic E-state index is 11.4. The molecule has 0 atom stereocenters. The van der Waals surface area contributed by atoms with Gasteiger partial charge in [0.05, 0.1) is 6.42 Å². The second-order valence-corrected chi connectivity index (χ2v) is 4.41. The third kappa shape index (κ3) is 5.21. The molecule has 0 saturated carbocycles. The Morgan fingerprint density at radius 2 is 1.87 bits per heavy atom.